The van der Waals surface area contributed by atoms with Crippen molar-refractivity contribution in [1.82, 2.24) is 5.32 Å². The van der Waals surface area contributed by atoms with Gasteiger partial charge in [0, 0.05) is 11.7 Å². The first-order chi connectivity index (χ1) is 9.28. The summed E-state index contributed by atoms with van der Waals surface area (Å²) < 4.78 is 0. The van der Waals surface area contributed by atoms with E-state index in [9.17, 15) is 5.11 Å². The lowest BCUT2D eigenvalue weighted by Gasteiger charge is -2.17. The Labute approximate surface area is 113 Å². The molecule has 1 fully saturated rings. The molecule has 0 saturated heterocycles. The molecule has 0 aromatic heterocycles. The Morgan fingerprint density at radius 2 is 1.89 bits per heavy atom. The molecule has 0 unspecified atom stereocenters. The fourth-order valence-corrected chi connectivity index (χ4v) is 2.23. The molecule has 0 spiro atoms. The van der Waals surface area contributed by atoms with Gasteiger partial charge >= 0.3 is 0 Å². The summed E-state index contributed by atoms with van der Waals surface area (Å²) in [7, 11) is 0. The first-order valence-corrected chi connectivity index (χ1v) is 6.76. The minimum Gasteiger partial charge on any atom is -0.508 e. The molecule has 19 heavy (non-hydrogen) atoms. The molecule has 0 heterocycles. The Morgan fingerprint density at radius 3 is 2.53 bits per heavy atom. The number of phenols is 1. The van der Waals surface area contributed by atoms with Gasteiger partial charge in [-0.1, -0.05) is 12.8 Å². The Hall–Kier alpha value is -1.75. The minimum atomic E-state index is 0.0348. The van der Waals surface area contributed by atoms with E-state index in [1.165, 1.54) is 12.8 Å². The van der Waals surface area contributed by atoms with E-state index in [0.29, 0.717) is 18.5 Å². The van der Waals surface area contributed by atoms with E-state index in [1.54, 1.807) is 24.3 Å². The molecular formula is C14H21N3O2. The number of aliphatic hydroxyl groups excluding tert-OH is 1. The number of aliphatic hydroxyl groups is 1. The summed E-state index contributed by atoms with van der Waals surface area (Å²) >= 11 is 0. The molecule has 1 aromatic carbocycles. The van der Waals surface area contributed by atoms with E-state index in [2.05, 4.69) is 15.6 Å². The summed E-state index contributed by atoms with van der Waals surface area (Å²) in [6.07, 6.45) is 4.83. The number of anilines is 1. The molecular weight excluding hydrogens is 242 g/mol. The van der Waals surface area contributed by atoms with Gasteiger partial charge < -0.3 is 20.8 Å². The summed E-state index contributed by atoms with van der Waals surface area (Å²) in [4.78, 5) is 4.31. The SMILES string of the molecule is OCCN=C(Nc1ccc(O)cc1)NC1CCCC1. The normalized spacial score (nSPS) is 16.6. The van der Waals surface area contributed by atoms with Crippen LogP contribution in [0.4, 0.5) is 5.69 Å². The maximum Gasteiger partial charge on any atom is 0.196 e. The summed E-state index contributed by atoms with van der Waals surface area (Å²) in [6, 6.07) is 7.30. The Balaban J connectivity index is 1.98. The molecule has 5 heteroatoms. The topological polar surface area (TPSA) is 76.9 Å². The first kappa shape index (κ1) is 13.7. The van der Waals surface area contributed by atoms with Gasteiger partial charge in [0.25, 0.3) is 0 Å². The quantitative estimate of drug-likeness (QED) is 0.379. The number of hydrogen-bond donors (Lipinski definition) is 4. The van der Waals surface area contributed by atoms with E-state index in [4.69, 9.17) is 5.11 Å². The predicted octanol–water partition coefficient (Wildman–Crippen LogP) is 1.68. The van der Waals surface area contributed by atoms with Crippen LogP contribution >= 0.6 is 0 Å². The third kappa shape index (κ3) is 4.44. The van der Waals surface area contributed by atoms with Gasteiger partial charge in [-0.2, -0.15) is 0 Å². The van der Waals surface area contributed by atoms with Crippen LogP contribution in [0, 0.1) is 0 Å². The van der Waals surface area contributed by atoms with Gasteiger partial charge in [0.1, 0.15) is 5.75 Å². The second kappa shape index (κ2) is 6.99. The lowest BCUT2D eigenvalue weighted by Crippen LogP contribution is -2.38. The summed E-state index contributed by atoms with van der Waals surface area (Å²) in [5.41, 5.74) is 0.861. The van der Waals surface area contributed by atoms with Crippen molar-refractivity contribution < 1.29 is 10.2 Å². The maximum atomic E-state index is 9.26. The zero-order valence-corrected chi connectivity index (χ0v) is 11.0. The van der Waals surface area contributed by atoms with Crippen LogP contribution in [0.1, 0.15) is 25.7 Å². The molecule has 0 amide bonds. The Morgan fingerprint density at radius 1 is 1.21 bits per heavy atom. The van der Waals surface area contributed by atoms with Crippen LogP contribution < -0.4 is 10.6 Å². The fourth-order valence-electron chi connectivity index (χ4n) is 2.23. The van der Waals surface area contributed by atoms with Gasteiger partial charge in [-0.25, -0.2) is 0 Å². The lowest BCUT2D eigenvalue weighted by atomic mass is 10.2. The van der Waals surface area contributed by atoms with Gasteiger partial charge in [-0.3, -0.25) is 4.99 Å². The number of nitrogens with one attached hydrogen (secondary N) is 2. The summed E-state index contributed by atoms with van der Waals surface area (Å²) in [6.45, 7) is 0.410. The largest absolute Gasteiger partial charge is 0.508 e. The molecule has 4 N–H and O–H groups in total. The fraction of sp³-hybridized carbons (Fsp3) is 0.500. The first-order valence-electron chi connectivity index (χ1n) is 6.76. The van der Waals surface area contributed by atoms with E-state index < -0.39 is 0 Å². The highest BCUT2D eigenvalue weighted by Crippen LogP contribution is 2.18. The molecule has 0 aliphatic heterocycles. The highest BCUT2D eigenvalue weighted by atomic mass is 16.3. The number of guanidine groups is 1. The zero-order valence-electron chi connectivity index (χ0n) is 11.0. The van der Waals surface area contributed by atoms with Crippen LogP contribution in [0.15, 0.2) is 29.3 Å². The van der Waals surface area contributed by atoms with Gasteiger partial charge in [0.05, 0.1) is 13.2 Å². The van der Waals surface area contributed by atoms with E-state index in [0.717, 1.165) is 18.5 Å². The molecule has 0 radical (unpaired) electrons. The maximum absolute atomic E-state index is 9.26. The molecule has 0 atom stereocenters. The van der Waals surface area contributed by atoms with Crippen LogP contribution in [-0.2, 0) is 0 Å². The van der Waals surface area contributed by atoms with Crippen LogP contribution in [0.3, 0.4) is 0 Å². The molecule has 0 bridgehead atoms. The van der Waals surface area contributed by atoms with E-state index in [1.807, 2.05) is 0 Å². The molecule has 1 aliphatic rings. The van der Waals surface area contributed by atoms with Crippen LogP contribution in [0.2, 0.25) is 0 Å². The number of benzene rings is 1. The second-order valence-corrected chi connectivity index (χ2v) is 4.75. The summed E-state index contributed by atoms with van der Waals surface area (Å²) in [5, 5.41) is 24.7. The van der Waals surface area contributed by atoms with Gasteiger partial charge in [0.2, 0.25) is 0 Å². The van der Waals surface area contributed by atoms with E-state index in [-0.39, 0.29) is 12.4 Å². The van der Waals surface area contributed by atoms with Gasteiger partial charge in [-0.15, -0.1) is 0 Å². The van der Waals surface area contributed by atoms with E-state index >= 15 is 0 Å². The molecule has 5 nitrogen and oxygen atoms in total. The molecule has 1 aromatic rings. The van der Waals surface area contributed by atoms with Crippen molar-refractivity contribution in [3.63, 3.8) is 0 Å². The monoisotopic (exact) mass is 263 g/mol. The van der Waals surface area contributed by atoms with Crippen molar-refractivity contribution in [3.05, 3.63) is 24.3 Å². The van der Waals surface area contributed by atoms with Crippen LogP contribution in [0.5, 0.6) is 5.75 Å². The minimum absolute atomic E-state index is 0.0348. The van der Waals surface area contributed by atoms with Gasteiger partial charge in [-0.05, 0) is 37.1 Å². The molecule has 104 valence electrons. The average molecular weight is 263 g/mol. The lowest BCUT2D eigenvalue weighted by molar-refractivity contribution is 0.306. The highest BCUT2D eigenvalue weighted by molar-refractivity contribution is 5.93. The van der Waals surface area contributed by atoms with Crippen molar-refractivity contribution in [1.29, 1.82) is 0 Å². The second-order valence-electron chi connectivity index (χ2n) is 4.75. The number of aromatic hydroxyl groups is 1. The molecule has 1 saturated carbocycles. The predicted molar refractivity (Wildman–Crippen MR) is 76.5 cm³/mol. The van der Waals surface area contributed by atoms with Gasteiger partial charge in [0.15, 0.2) is 5.96 Å². The Bertz CT molecular complexity index is 411. The van der Waals surface area contributed by atoms with Crippen LogP contribution in [-0.4, -0.2) is 35.4 Å². The van der Waals surface area contributed by atoms with Crippen molar-refractivity contribution in [2.45, 2.75) is 31.7 Å². The number of rotatable bonds is 4. The third-order valence-corrected chi connectivity index (χ3v) is 3.20. The number of aliphatic imine (C=N–C) groups is 1. The zero-order chi connectivity index (χ0) is 13.5. The van der Waals surface area contributed by atoms with Crippen molar-refractivity contribution in [2.75, 3.05) is 18.5 Å². The standard InChI is InChI=1S/C14H21N3O2/c18-10-9-15-14(16-11-3-1-2-4-11)17-12-5-7-13(19)8-6-12/h5-8,11,18-19H,1-4,9-10H2,(H2,15,16,17). The third-order valence-electron chi connectivity index (χ3n) is 3.20. The van der Waals surface area contributed by atoms with Crippen molar-refractivity contribution in [3.8, 4) is 5.75 Å². The van der Waals surface area contributed by atoms with Crippen molar-refractivity contribution in [2.24, 2.45) is 4.99 Å². The molecule has 2 rings (SSSR count). The number of nitrogens with zero attached hydrogens (tertiary/aromatic N) is 1. The van der Waals surface area contributed by atoms with Crippen molar-refractivity contribution >= 4 is 11.6 Å². The average Bonchev–Trinajstić information content (AvgIpc) is 2.91. The Kier molecular flexibility index (Phi) is 5.03. The van der Waals surface area contributed by atoms with Crippen LogP contribution in [0.25, 0.3) is 0 Å². The highest BCUT2D eigenvalue weighted by Gasteiger charge is 2.16. The summed E-state index contributed by atoms with van der Waals surface area (Å²) in [5.74, 6) is 0.926. The number of phenolic OH excluding ortho intramolecular Hbond substituents is 1. The molecule has 1 aliphatic carbocycles. The smallest absolute Gasteiger partial charge is 0.196 e. The number of hydrogen-bond acceptors (Lipinski definition) is 3.